The summed E-state index contributed by atoms with van der Waals surface area (Å²) in [5.74, 6) is -1.52. The maximum absolute atomic E-state index is 11.8. The van der Waals surface area contributed by atoms with Gasteiger partial charge in [-0.25, -0.2) is 13.1 Å². The van der Waals surface area contributed by atoms with Crippen LogP contribution in [-0.2, 0) is 30.9 Å². The number of hydrogen-bond donors (Lipinski definition) is 1. The number of rotatable bonds is 8. The minimum atomic E-state index is -3.75. The van der Waals surface area contributed by atoms with Crippen molar-refractivity contribution in [3.8, 4) is 0 Å². The molecule has 0 aromatic carbocycles. The van der Waals surface area contributed by atoms with E-state index in [0.29, 0.717) is 12.3 Å². The van der Waals surface area contributed by atoms with Crippen molar-refractivity contribution in [2.45, 2.75) is 20.5 Å². The Labute approximate surface area is 128 Å². The van der Waals surface area contributed by atoms with Gasteiger partial charge in [-0.05, 0) is 19.1 Å². The number of nitrogens with zero attached hydrogens (tertiary/aromatic N) is 1. The van der Waals surface area contributed by atoms with Crippen molar-refractivity contribution in [3.63, 3.8) is 0 Å². The van der Waals surface area contributed by atoms with Gasteiger partial charge in [-0.15, -0.1) is 0 Å². The summed E-state index contributed by atoms with van der Waals surface area (Å²) in [7, 11) is -3.75. The fraction of sp³-hybridized carbons (Fsp3) is 0.462. The van der Waals surface area contributed by atoms with E-state index in [1.54, 1.807) is 6.92 Å². The maximum Gasteiger partial charge on any atom is 0.303 e. The molecule has 0 fully saturated rings. The number of hydrogen-bond acceptors (Lipinski definition) is 7. The van der Waals surface area contributed by atoms with Gasteiger partial charge >= 0.3 is 5.97 Å². The first-order chi connectivity index (χ1) is 10.3. The Kier molecular flexibility index (Phi) is 6.93. The molecule has 0 radical (unpaired) electrons. The van der Waals surface area contributed by atoms with Crippen molar-refractivity contribution >= 4 is 21.9 Å². The Morgan fingerprint density at radius 3 is 2.59 bits per heavy atom. The van der Waals surface area contributed by atoms with E-state index < -0.39 is 21.9 Å². The molecule has 1 heterocycles. The highest BCUT2D eigenvalue weighted by atomic mass is 32.2. The van der Waals surface area contributed by atoms with Crippen LogP contribution in [-0.4, -0.2) is 44.2 Å². The Morgan fingerprint density at radius 2 is 2.05 bits per heavy atom. The molecule has 9 heteroatoms. The monoisotopic (exact) mass is 330 g/mol. The molecular weight excluding hydrogens is 312 g/mol. The zero-order chi connectivity index (χ0) is 16.6. The molecule has 8 nitrogen and oxygen atoms in total. The van der Waals surface area contributed by atoms with Gasteiger partial charge in [0.25, 0.3) is 5.91 Å². The van der Waals surface area contributed by atoms with E-state index in [1.165, 1.54) is 25.3 Å². The van der Waals surface area contributed by atoms with Crippen molar-refractivity contribution in [3.05, 3.63) is 29.6 Å². The minimum absolute atomic E-state index is 0.0100. The highest BCUT2D eigenvalue weighted by molar-refractivity contribution is 7.90. The van der Waals surface area contributed by atoms with Gasteiger partial charge in [-0.1, -0.05) is 0 Å². The van der Waals surface area contributed by atoms with Crippen molar-refractivity contribution < 1.29 is 27.5 Å². The quantitative estimate of drug-likeness (QED) is 0.537. The first kappa shape index (κ1) is 18.1. The summed E-state index contributed by atoms with van der Waals surface area (Å²) in [6, 6.07) is 2.88. The Hall–Kier alpha value is -2.00. The lowest BCUT2D eigenvalue weighted by Crippen LogP contribution is -2.34. The standard InChI is InChI=1S/C13H18N2O6S/c1-3-20-6-7-22(18,19)15-13(17)11-4-5-12(14-8-11)9-21-10(2)16/h4-5,8H,3,6-7,9H2,1-2H3,(H,15,17). The number of sulfonamides is 1. The van der Waals surface area contributed by atoms with Crippen LogP contribution in [0.25, 0.3) is 0 Å². The van der Waals surface area contributed by atoms with Crippen LogP contribution in [0.4, 0.5) is 0 Å². The first-order valence-electron chi connectivity index (χ1n) is 6.55. The van der Waals surface area contributed by atoms with E-state index in [0.717, 1.165) is 0 Å². The van der Waals surface area contributed by atoms with Crippen molar-refractivity contribution in [1.82, 2.24) is 9.71 Å². The predicted molar refractivity (Wildman–Crippen MR) is 77.5 cm³/mol. The molecule has 0 bridgehead atoms. The van der Waals surface area contributed by atoms with Crippen LogP contribution in [0.2, 0.25) is 0 Å². The second-order valence-corrected chi connectivity index (χ2v) is 6.11. The van der Waals surface area contributed by atoms with Crippen molar-refractivity contribution in [1.29, 1.82) is 0 Å². The van der Waals surface area contributed by atoms with Crippen LogP contribution in [0.5, 0.6) is 0 Å². The van der Waals surface area contributed by atoms with Gasteiger partial charge in [0, 0.05) is 19.7 Å². The molecule has 1 rings (SSSR count). The normalized spacial score (nSPS) is 11.0. The van der Waals surface area contributed by atoms with Gasteiger partial charge < -0.3 is 9.47 Å². The molecule has 1 aromatic heterocycles. The van der Waals surface area contributed by atoms with E-state index in [9.17, 15) is 18.0 Å². The third-order valence-electron chi connectivity index (χ3n) is 2.46. The summed E-state index contributed by atoms with van der Waals surface area (Å²) >= 11 is 0. The van der Waals surface area contributed by atoms with Gasteiger partial charge in [0.15, 0.2) is 0 Å². The Bertz CT molecular complexity index is 612. The molecular formula is C13H18N2O6S. The maximum atomic E-state index is 11.8. The van der Waals surface area contributed by atoms with E-state index in [1.807, 2.05) is 4.72 Å². The minimum Gasteiger partial charge on any atom is -0.459 e. The SMILES string of the molecule is CCOCCS(=O)(=O)NC(=O)c1ccc(COC(C)=O)nc1. The lowest BCUT2D eigenvalue weighted by atomic mass is 10.2. The number of carbonyl (C=O) groups excluding carboxylic acids is 2. The van der Waals surface area contributed by atoms with Crippen LogP contribution in [0.15, 0.2) is 18.3 Å². The highest BCUT2D eigenvalue weighted by Gasteiger charge is 2.16. The molecule has 1 aromatic rings. The van der Waals surface area contributed by atoms with E-state index in [-0.39, 0.29) is 24.5 Å². The molecule has 0 aliphatic rings. The number of nitrogens with one attached hydrogen (secondary N) is 1. The summed E-state index contributed by atoms with van der Waals surface area (Å²) in [6.45, 7) is 3.42. The number of esters is 1. The molecule has 1 N–H and O–H groups in total. The van der Waals surface area contributed by atoms with E-state index in [2.05, 4.69) is 4.98 Å². The topological polar surface area (TPSA) is 112 Å². The lowest BCUT2D eigenvalue weighted by molar-refractivity contribution is -0.142. The van der Waals surface area contributed by atoms with Gasteiger partial charge in [-0.2, -0.15) is 0 Å². The van der Waals surface area contributed by atoms with Crippen LogP contribution in [0.1, 0.15) is 29.9 Å². The summed E-state index contributed by atoms with van der Waals surface area (Å²) in [4.78, 5) is 26.4. The molecule has 1 amide bonds. The molecule has 0 spiro atoms. The van der Waals surface area contributed by atoms with Gasteiger partial charge in [0.2, 0.25) is 10.0 Å². The van der Waals surface area contributed by atoms with E-state index in [4.69, 9.17) is 9.47 Å². The Balaban J connectivity index is 2.60. The summed E-state index contributed by atoms with van der Waals surface area (Å²) in [5, 5.41) is 0. The second-order valence-electron chi connectivity index (χ2n) is 4.27. The van der Waals surface area contributed by atoms with Crippen LogP contribution in [0, 0.1) is 0 Å². The van der Waals surface area contributed by atoms with Crippen molar-refractivity contribution in [2.75, 3.05) is 19.0 Å². The van der Waals surface area contributed by atoms with Crippen LogP contribution >= 0.6 is 0 Å². The second kappa shape index (κ2) is 8.44. The fourth-order valence-electron chi connectivity index (χ4n) is 1.38. The largest absolute Gasteiger partial charge is 0.459 e. The molecule has 122 valence electrons. The number of pyridine rings is 1. The van der Waals surface area contributed by atoms with Gasteiger partial charge in [0.1, 0.15) is 6.61 Å². The lowest BCUT2D eigenvalue weighted by Gasteiger charge is -2.07. The number of ether oxygens (including phenoxy) is 2. The summed E-state index contributed by atoms with van der Waals surface area (Å²) in [5.41, 5.74) is 0.539. The zero-order valence-corrected chi connectivity index (χ0v) is 13.2. The third kappa shape index (κ3) is 6.64. The number of carbonyl (C=O) groups is 2. The Morgan fingerprint density at radius 1 is 1.32 bits per heavy atom. The van der Waals surface area contributed by atoms with Gasteiger partial charge in [0.05, 0.1) is 23.6 Å². The van der Waals surface area contributed by atoms with Crippen molar-refractivity contribution in [2.24, 2.45) is 0 Å². The summed E-state index contributed by atoms with van der Waals surface area (Å²) < 4.78 is 34.9. The van der Waals surface area contributed by atoms with E-state index >= 15 is 0 Å². The molecule has 0 saturated carbocycles. The van der Waals surface area contributed by atoms with Crippen LogP contribution < -0.4 is 4.72 Å². The van der Waals surface area contributed by atoms with Gasteiger partial charge in [-0.3, -0.25) is 14.6 Å². The molecule has 0 aliphatic heterocycles. The zero-order valence-electron chi connectivity index (χ0n) is 12.4. The molecule has 0 atom stereocenters. The number of amides is 1. The summed E-state index contributed by atoms with van der Waals surface area (Å²) in [6.07, 6.45) is 1.21. The first-order valence-corrected chi connectivity index (χ1v) is 8.20. The molecule has 22 heavy (non-hydrogen) atoms. The fourth-order valence-corrected chi connectivity index (χ4v) is 2.22. The molecule has 0 unspecified atom stereocenters. The molecule has 0 saturated heterocycles. The average Bonchev–Trinajstić information content (AvgIpc) is 2.45. The predicted octanol–water partition coefficient (Wildman–Crippen LogP) is 0.241. The average molecular weight is 330 g/mol. The molecule has 0 aliphatic carbocycles. The van der Waals surface area contributed by atoms with Crippen LogP contribution in [0.3, 0.4) is 0 Å². The highest BCUT2D eigenvalue weighted by Crippen LogP contribution is 2.03. The third-order valence-corrected chi connectivity index (χ3v) is 3.66. The number of aromatic nitrogens is 1. The smallest absolute Gasteiger partial charge is 0.303 e.